The van der Waals surface area contributed by atoms with Crippen LogP contribution in [-0.2, 0) is 0 Å². The van der Waals surface area contributed by atoms with Gasteiger partial charge >= 0.3 is 0 Å². The van der Waals surface area contributed by atoms with Gasteiger partial charge in [-0.05, 0) is 60.4 Å². The number of rotatable bonds is 2. The molecule has 1 unspecified atom stereocenters. The first-order valence-corrected chi connectivity index (χ1v) is 6.63. The first-order chi connectivity index (χ1) is 8.90. The molecule has 0 radical (unpaired) electrons. The third-order valence-electron chi connectivity index (χ3n) is 3.19. The summed E-state index contributed by atoms with van der Waals surface area (Å²) in [5, 5.41) is 0.945. The lowest BCUT2D eigenvalue weighted by Crippen LogP contribution is -2.14. The Bertz CT molecular complexity index is 626. The van der Waals surface area contributed by atoms with Crippen LogP contribution in [0.25, 0.3) is 0 Å². The van der Waals surface area contributed by atoms with Crippen molar-refractivity contribution in [3.63, 3.8) is 0 Å². The molecule has 2 rings (SSSR count). The van der Waals surface area contributed by atoms with Crippen molar-refractivity contribution in [2.45, 2.75) is 19.9 Å². The summed E-state index contributed by atoms with van der Waals surface area (Å²) in [4.78, 5) is 0. The van der Waals surface area contributed by atoms with Gasteiger partial charge < -0.3 is 5.73 Å². The van der Waals surface area contributed by atoms with Crippen molar-refractivity contribution in [3.05, 3.63) is 68.4 Å². The van der Waals surface area contributed by atoms with E-state index in [1.54, 1.807) is 13.0 Å². The van der Waals surface area contributed by atoms with Gasteiger partial charge in [-0.25, -0.2) is 4.39 Å². The van der Waals surface area contributed by atoms with Gasteiger partial charge in [-0.1, -0.05) is 29.3 Å². The van der Waals surface area contributed by atoms with E-state index in [1.165, 1.54) is 6.07 Å². The average Bonchev–Trinajstić information content (AvgIpc) is 2.36. The van der Waals surface area contributed by atoms with Crippen LogP contribution in [0.2, 0.25) is 10.0 Å². The molecule has 4 heteroatoms. The average molecular weight is 298 g/mol. The highest BCUT2D eigenvalue weighted by Gasteiger charge is 2.16. The van der Waals surface area contributed by atoms with Crippen LogP contribution in [0, 0.1) is 19.7 Å². The van der Waals surface area contributed by atoms with Crippen molar-refractivity contribution < 1.29 is 4.39 Å². The molecule has 0 aliphatic rings. The zero-order valence-electron chi connectivity index (χ0n) is 10.7. The lowest BCUT2D eigenvalue weighted by molar-refractivity contribution is 0.617. The molecule has 0 saturated heterocycles. The number of benzene rings is 2. The van der Waals surface area contributed by atoms with E-state index in [9.17, 15) is 4.39 Å². The Kier molecular flexibility index (Phi) is 4.14. The Morgan fingerprint density at radius 1 is 1.00 bits per heavy atom. The second-order valence-corrected chi connectivity index (χ2v) is 5.45. The fraction of sp³-hybridized carbons (Fsp3) is 0.200. The summed E-state index contributed by atoms with van der Waals surface area (Å²) in [5.41, 5.74) is 9.38. The zero-order chi connectivity index (χ0) is 14.2. The molecule has 1 atom stereocenters. The molecule has 0 fully saturated rings. The summed E-state index contributed by atoms with van der Waals surface area (Å²) in [7, 11) is 0. The monoisotopic (exact) mass is 297 g/mol. The summed E-state index contributed by atoms with van der Waals surface area (Å²) >= 11 is 12.1. The van der Waals surface area contributed by atoms with Crippen molar-refractivity contribution in [3.8, 4) is 0 Å². The van der Waals surface area contributed by atoms with Crippen LogP contribution in [0.3, 0.4) is 0 Å². The van der Waals surface area contributed by atoms with Crippen molar-refractivity contribution in [2.24, 2.45) is 5.73 Å². The smallest absolute Gasteiger partial charge is 0.127 e. The molecule has 0 aromatic heterocycles. The summed E-state index contributed by atoms with van der Waals surface area (Å²) < 4.78 is 13.4. The Morgan fingerprint density at radius 3 is 2.37 bits per heavy atom. The molecule has 0 saturated carbocycles. The first kappa shape index (κ1) is 14.3. The third-order valence-corrected chi connectivity index (χ3v) is 3.75. The lowest BCUT2D eigenvalue weighted by atomic mass is 9.94. The van der Waals surface area contributed by atoms with E-state index in [4.69, 9.17) is 28.9 Å². The van der Waals surface area contributed by atoms with E-state index in [-0.39, 0.29) is 5.82 Å². The molecule has 0 heterocycles. The van der Waals surface area contributed by atoms with Gasteiger partial charge in [-0.3, -0.25) is 0 Å². The van der Waals surface area contributed by atoms with Gasteiger partial charge in [0.15, 0.2) is 0 Å². The third kappa shape index (κ3) is 2.92. The van der Waals surface area contributed by atoms with E-state index >= 15 is 0 Å². The van der Waals surface area contributed by atoms with Crippen LogP contribution >= 0.6 is 23.2 Å². The van der Waals surface area contributed by atoms with Crippen molar-refractivity contribution >= 4 is 23.2 Å². The second-order valence-electron chi connectivity index (χ2n) is 4.60. The van der Waals surface area contributed by atoms with Gasteiger partial charge in [-0.2, -0.15) is 0 Å². The molecule has 2 aromatic rings. The number of hydrogen-bond donors (Lipinski definition) is 1. The Hall–Kier alpha value is -1.09. The molecule has 2 N–H and O–H groups in total. The maximum Gasteiger partial charge on any atom is 0.127 e. The Labute approximate surface area is 122 Å². The number of aryl methyl sites for hydroxylation is 2. The van der Waals surface area contributed by atoms with Gasteiger partial charge in [0.2, 0.25) is 0 Å². The molecular formula is C15H14Cl2FN. The highest BCUT2D eigenvalue weighted by Crippen LogP contribution is 2.31. The molecule has 0 spiro atoms. The molecular weight excluding hydrogens is 284 g/mol. The minimum atomic E-state index is -0.425. The van der Waals surface area contributed by atoms with Gasteiger partial charge in [0.05, 0.1) is 6.04 Å². The van der Waals surface area contributed by atoms with Crippen molar-refractivity contribution in [1.82, 2.24) is 0 Å². The van der Waals surface area contributed by atoms with E-state index in [0.717, 1.165) is 11.1 Å². The topological polar surface area (TPSA) is 26.0 Å². The molecule has 0 aliphatic carbocycles. The number of hydrogen-bond acceptors (Lipinski definition) is 1. The fourth-order valence-corrected chi connectivity index (χ4v) is 2.48. The summed E-state index contributed by atoms with van der Waals surface area (Å²) in [5.74, 6) is -0.330. The minimum Gasteiger partial charge on any atom is -0.320 e. The SMILES string of the molecule is Cc1cc(C(N)c2cc(Cl)ccc2C)c(Cl)cc1F. The second kappa shape index (κ2) is 5.49. The van der Waals surface area contributed by atoms with Crippen LogP contribution in [0.5, 0.6) is 0 Å². The fourth-order valence-electron chi connectivity index (χ4n) is 2.03. The normalized spacial score (nSPS) is 12.5. The molecule has 19 heavy (non-hydrogen) atoms. The first-order valence-electron chi connectivity index (χ1n) is 5.87. The quantitative estimate of drug-likeness (QED) is 0.847. The van der Waals surface area contributed by atoms with Crippen LogP contribution in [0.1, 0.15) is 28.3 Å². The predicted octanol–water partition coefficient (Wildman–Crippen LogP) is 4.80. The van der Waals surface area contributed by atoms with Gasteiger partial charge in [0.1, 0.15) is 5.82 Å². The minimum absolute atomic E-state index is 0.329. The zero-order valence-corrected chi connectivity index (χ0v) is 12.2. The summed E-state index contributed by atoms with van der Waals surface area (Å²) in [6.45, 7) is 3.64. The largest absolute Gasteiger partial charge is 0.320 e. The molecule has 100 valence electrons. The predicted molar refractivity (Wildman–Crippen MR) is 78.4 cm³/mol. The van der Waals surface area contributed by atoms with Crippen molar-refractivity contribution in [1.29, 1.82) is 0 Å². The lowest BCUT2D eigenvalue weighted by Gasteiger charge is -2.18. The molecule has 0 bridgehead atoms. The molecule has 0 amide bonds. The van der Waals surface area contributed by atoms with E-state index in [1.807, 2.05) is 25.1 Å². The molecule has 0 aliphatic heterocycles. The van der Waals surface area contributed by atoms with Gasteiger partial charge in [-0.15, -0.1) is 0 Å². The summed E-state index contributed by atoms with van der Waals surface area (Å²) in [6.07, 6.45) is 0. The molecule has 1 nitrogen and oxygen atoms in total. The van der Waals surface area contributed by atoms with Crippen LogP contribution in [0.15, 0.2) is 30.3 Å². The highest BCUT2D eigenvalue weighted by atomic mass is 35.5. The van der Waals surface area contributed by atoms with Crippen LogP contribution in [0.4, 0.5) is 4.39 Å². The standard InChI is InChI=1S/C15H14Cl2FN/c1-8-3-4-10(16)6-11(8)15(19)12-5-9(2)14(18)7-13(12)17/h3-7,15H,19H2,1-2H3. The molecule has 2 aromatic carbocycles. The van der Waals surface area contributed by atoms with Crippen molar-refractivity contribution in [2.75, 3.05) is 0 Å². The van der Waals surface area contributed by atoms with Crippen LogP contribution < -0.4 is 5.73 Å². The Morgan fingerprint density at radius 2 is 1.68 bits per heavy atom. The van der Waals surface area contributed by atoms with Gasteiger partial charge in [0, 0.05) is 10.0 Å². The van der Waals surface area contributed by atoms with Gasteiger partial charge in [0.25, 0.3) is 0 Å². The van der Waals surface area contributed by atoms with Crippen LogP contribution in [-0.4, -0.2) is 0 Å². The van der Waals surface area contributed by atoms with E-state index in [2.05, 4.69) is 0 Å². The van der Waals surface area contributed by atoms with E-state index < -0.39 is 6.04 Å². The summed E-state index contributed by atoms with van der Waals surface area (Å²) in [6, 6.07) is 8.09. The van der Waals surface area contributed by atoms with E-state index in [0.29, 0.717) is 21.2 Å². The highest BCUT2D eigenvalue weighted by molar-refractivity contribution is 6.31. The maximum atomic E-state index is 13.4. The number of halogens is 3. The Balaban J connectivity index is 2.52. The number of nitrogens with two attached hydrogens (primary N) is 1. The maximum absolute atomic E-state index is 13.4.